The molecule has 3 amide bonds. The molecule has 1 aromatic rings. The number of benzene rings is 1. The number of piperidine rings is 1. The fourth-order valence-corrected chi connectivity index (χ4v) is 4.45. The van der Waals surface area contributed by atoms with Gasteiger partial charge in [-0.15, -0.1) is 0 Å². The number of imide groups is 1. The molecule has 1 aliphatic carbocycles. The average Bonchev–Trinajstić information content (AvgIpc) is 2.85. The minimum absolute atomic E-state index is 0.0288. The van der Waals surface area contributed by atoms with Gasteiger partial charge < -0.3 is 14.8 Å². The summed E-state index contributed by atoms with van der Waals surface area (Å²) >= 11 is 0. The maximum absolute atomic E-state index is 13.0. The minimum atomic E-state index is -0.557. The van der Waals surface area contributed by atoms with Crippen LogP contribution in [0.1, 0.15) is 40.0 Å². The first-order valence-electron chi connectivity index (χ1n) is 9.53. The van der Waals surface area contributed by atoms with Crippen molar-refractivity contribution in [1.29, 1.82) is 0 Å². The second-order valence-electron chi connectivity index (χ2n) is 8.30. The van der Waals surface area contributed by atoms with Gasteiger partial charge in [-0.3, -0.25) is 19.3 Å². The van der Waals surface area contributed by atoms with E-state index in [0.29, 0.717) is 23.6 Å². The number of ether oxygens (including phenoxy) is 2. The number of carbonyl (C=O) groups is 3. The van der Waals surface area contributed by atoms with Crippen molar-refractivity contribution in [3.63, 3.8) is 0 Å². The predicted octanol–water partition coefficient (Wildman–Crippen LogP) is 2.84. The average molecular weight is 388 g/mol. The van der Waals surface area contributed by atoms with E-state index in [9.17, 15) is 14.4 Å². The van der Waals surface area contributed by atoms with E-state index in [4.69, 9.17) is 9.47 Å². The summed E-state index contributed by atoms with van der Waals surface area (Å²) in [6, 6.07) is 5.10. The van der Waals surface area contributed by atoms with Crippen LogP contribution in [-0.4, -0.2) is 43.4 Å². The van der Waals surface area contributed by atoms with E-state index in [1.807, 2.05) is 20.8 Å². The van der Waals surface area contributed by atoms with Gasteiger partial charge in [-0.1, -0.05) is 20.8 Å². The van der Waals surface area contributed by atoms with E-state index in [1.165, 1.54) is 19.1 Å². The third kappa shape index (κ3) is 3.02. The quantitative estimate of drug-likeness (QED) is 0.758. The summed E-state index contributed by atoms with van der Waals surface area (Å²) in [7, 11) is 3.05. The first kappa shape index (κ1) is 20.2. The van der Waals surface area contributed by atoms with Gasteiger partial charge >= 0.3 is 0 Å². The molecule has 0 radical (unpaired) electrons. The lowest BCUT2D eigenvalue weighted by Gasteiger charge is -2.47. The summed E-state index contributed by atoms with van der Waals surface area (Å²) < 4.78 is 10.4. The van der Waals surface area contributed by atoms with Gasteiger partial charge in [0.25, 0.3) is 0 Å². The zero-order valence-electron chi connectivity index (χ0n) is 17.1. The Labute approximate surface area is 165 Å². The van der Waals surface area contributed by atoms with E-state index in [1.54, 1.807) is 18.2 Å². The van der Waals surface area contributed by atoms with Gasteiger partial charge in [0.1, 0.15) is 11.5 Å². The van der Waals surface area contributed by atoms with E-state index in [-0.39, 0.29) is 42.0 Å². The molecule has 0 spiro atoms. The summed E-state index contributed by atoms with van der Waals surface area (Å²) in [4.78, 5) is 39.6. The summed E-state index contributed by atoms with van der Waals surface area (Å²) in [6.07, 6.45) is 1.46. The molecule has 2 aliphatic rings. The Bertz CT molecular complexity index is 819. The molecule has 1 heterocycles. The molecule has 2 bridgehead atoms. The minimum Gasteiger partial charge on any atom is -0.497 e. The Kier molecular flexibility index (Phi) is 5.12. The number of anilines is 1. The van der Waals surface area contributed by atoms with Gasteiger partial charge in [0.05, 0.1) is 25.3 Å². The molecule has 1 N–H and O–H groups in total. The second kappa shape index (κ2) is 7.11. The van der Waals surface area contributed by atoms with Crippen molar-refractivity contribution in [3.05, 3.63) is 18.2 Å². The maximum Gasteiger partial charge on any atom is 0.235 e. The maximum atomic E-state index is 13.0. The van der Waals surface area contributed by atoms with Crippen molar-refractivity contribution in [1.82, 2.24) is 4.90 Å². The third-order valence-corrected chi connectivity index (χ3v) is 6.75. The number of rotatable bonds is 6. The van der Waals surface area contributed by atoms with E-state index < -0.39 is 5.41 Å². The van der Waals surface area contributed by atoms with Crippen LogP contribution in [-0.2, 0) is 14.4 Å². The van der Waals surface area contributed by atoms with Crippen molar-refractivity contribution in [2.24, 2.45) is 16.7 Å². The predicted molar refractivity (Wildman–Crippen MR) is 104 cm³/mol. The van der Waals surface area contributed by atoms with Crippen LogP contribution in [0.25, 0.3) is 0 Å². The third-order valence-electron chi connectivity index (χ3n) is 6.75. The Morgan fingerprint density at radius 1 is 1.21 bits per heavy atom. The fourth-order valence-electron chi connectivity index (χ4n) is 4.45. The summed E-state index contributed by atoms with van der Waals surface area (Å²) in [5, 5.41) is 2.78. The highest BCUT2D eigenvalue weighted by molar-refractivity contribution is 6.04. The fraction of sp³-hybridized carbons (Fsp3) is 0.571. The summed E-state index contributed by atoms with van der Waals surface area (Å²) in [5.41, 5.74) is -0.428. The molecule has 2 fully saturated rings. The van der Waals surface area contributed by atoms with Crippen LogP contribution in [0, 0.1) is 16.7 Å². The van der Waals surface area contributed by atoms with Crippen molar-refractivity contribution < 1.29 is 23.9 Å². The smallest absolute Gasteiger partial charge is 0.235 e. The van der Waals surface area contributed by atoms with E-state index in [2.05, 4.69) is 5.32 Å². The van der Waals surface area contributed by atoms with Crippen LogP contribution in [0.15, 0.2) is 18.2 Å². The number of amides is 3. The van der Waals surface area contributed by atoms with Crippen LogP contribution < -0.4 is 14.8 Å². The molecule has 2 unspecified atom stereocenters. The number of nitrogens with zero attached hydrogens (tertiary/aromatic N) is 1. The van der Waals surface area contributed by atoms with Crippen molar-refractivity contribution in [3.8, 4) is 11.5 Å². The van der Waals surface area contributed by atoms with Crippen molar-refractivity contribution >= 4 is 23.4 Å². The van der Waals surface area contributed by atoms with Gasteiger partial charge in [0, 0.05) is 24.9 Å². The van der Waals surface area contributed by atoms with E-state index >= 15 is 0 Å². The molecule has 2 atom stereocenters. The Morgan fingerprint density at radius 3 is 2.57 bits per heavy atom. The van der Waals surface area contributed by atoms with Gasteiger partial charge in [-0.05, 0) is 30.4 Å². The lowest BCUT2D eigenvalue weighted by atomic mass is 9.62. The highest BCUT2D eigenvalue weighted by Crippen LogP contribution is 2.60. The van der Waals surface area contributed by atoms with Crippen molar-refractivity contribution in [2.75, 3.05) is 26.1 Å². The SMILES string of the molecule is COc1ccc(OC)c(NC(=O)CCN2C(=O)C3CCC(C)(C2=O)C3(C)C)c1. The number of likely N-dealkylation sites (tertiary alicyclic amines) is 1. The molecular formula is C21H28N2O5. The molecule has 1 saturated carbocycles. The summed E-state index contributed by atoms with van der Waals surface area (Å²) in [6.45, 7) is 6.02. The largest absolute Gasteiger partial charge is 0.497 e. The molecule has 7 nitrogen and oxygen atoms in total. The first-order valence-corrected chi connectivity index (χ1v) is 9.53. The highest BCUT2D eigenvalue weighted by atomic mass is 16.5. The molecule has 1 aromatic carbocycles. The van der Waals surface area contributed by atoms with Crippen LogP contribution in [0.4, 0.5) is 5.69 Å². The number of fused-ring (bicyclic) bond motifs is 2. The monoisotopic (exact) mass is 388 g/mol. The molecule has 0 aromatic heterocycles. The molecule has 3 rings (SSSR count). The standard InChI is InChI=1S/C21H28N2O5/c1-20(2)14-8-10-21(20,3)19(26)23(18(14)25)11-9-17(24)22-15-12-13(27-4)6-7-16(15)28-5/h6-7,12,14H,8-11H2,1-5H3,(H,22,24). The zero-order chi connectivity index (χ0) is 20.7. The molecule has 28 heavy (non-hydrogen) atoms. The molecular weight excluding hydrogens is 360 g/mol. The van der Waals surface area contributed by atoms with Gasteiger partial charge in [0.2, 0.25) is 17.7 Å². The molecule has 7 heteroatoms. The number of hydrogen-bond acceptors (Lipinski definition) is 5. The number of methoxy groups -OCH3 is 2. The topological polar surface area (TPSA) is 84.9 Å². The lowest BCUT2D eigenvalue weighted by Crippen LogP contribution is -2.59. The first-order chi connectivity index (χ1) is 13.2. The molecule has 152 valence electrons. The van der Waals surface area contributed by atoms with Crippen LogP contribution in [0.2, 0.25) is 0 Å². The van der Waals surface area contributed by atoms with Crippen LogP contribution in [0.3, 0.4) is 0 Å². The normalized spacial score (nSPS) is 25.6. The van der Waals surface area contributed by atoms with Crippen molar-refractivity contribution in [2.45, 2.75) is 40.0 Å². The van der Waals surface area contributed by atoms with Crippen LogP contribution in [0.5, 0.6) is 11.5 Å². The number of carbonyl (C=O) groups excluding carboxylic acids is 3. The Balaban J connectivity index is 1.69. The van der Waals surface area contributed by atoms with Gasteiger partial charge in [0.15, 0.2) is 0 Å². The lowest BCUT2D eigenvalue weighted by molar-refractivity contribution is -0.167. The zero-order valence-corrected chi connectivity index (χ0v) is 17.1. The Hall–Kier alpha value is -2.57. The van der Waals surface area contributed by atoms with E-state index in [0.717, 1.165) is 6.42 Å². The highest BCUT2D eigenvalue weighted by Gasteiger charge is 2.64. The van der Waals surface area contributed by atoms with Crippen LogP contribution >= 0.6 is 0 Å². The number of nitrogens with one attached hydrogen (secondary N) is 1. The number of hydrogen-bond donors (Lipinski definition) is 1. The molecule has 1 saturated heterocycles. The van der Waals surface area contributed by atoms with Gasteiger partial charge in [-0.25, -0.2) is 0 Å². The second-order valence-corrected chi connectivity index (χ2v) is 8.30. The van der Waals surface area contributed by atoms with Gasteiger partial charge in [-0.2, -0.15) is 0 Å². The Morgan fingerprint density at radius 2 is 1.93 bits per heavy atom. The summed E-state index contributed by atoms with van der Waals surface area (Å²) in [5.74, 6) is 0.307. The molecule has 1 aliphatic heterocycles.